The van der Waals surface area contributed by atoms with Gasteiger partial charge >= 0.3 is 10.3 Å². The molecule has 2 rings (SSSR count). The van der Waals surface area contributed by atoms with Crippen LogP contribution in [0.3, 0.4) is 0 Å². The van der Waals surface area contributed by atoms with E-state index in [2.05, 4.69) is 25.6 Å². The fraction of sp³-hybridized carbons (Fsp3) is 0.364. The van der Waals surface area contributed by atoms with Gasteiger partial charge in [0.2, 0.25) is 11.8 Å². The molecule has 0 unspecified atom stereocenters. The van der Waals surface area contributed by atoms with Gasteiger partial charge in [0, 0.05) is 5.38 Å². The molecule has 1 fully saturated rings. The standard InChI is InChI=1S/C11H14N6O7S3/c1-24-16-6(4-2-26-11(12)13-4)8(19)14-7-9(20)15-10(7)25-3-5(18)17-27(21,22)23/h2,7,10H,3H2,1H3,(H2,12,13)(H,14,19)(H,15,20)(H,17,18)(H,21,22,23)/t7-,10+/m1/s1. The van der Waals surface area contributed by atoms with Crippen molar-refractivity contribution in [1.29, 1.82) is 0 Å². The summed E-state index contributed by atoms with van der Waals surface area (Å²) in [6, 6.07) is -1.00. The molecular formula is C11H14N6O7S3. The van der Waals surface area contributed by atoms with Crippen molar-refractivity contribution in [3.63, 3.8) is 0 Å². The largest absolute Gasteiger partial charge is 0.398 e. The molecule has 0 spiro atoms. The molecule has 3 amide bonds. The second kappa shape index (κ2) is 8.51. The maximum absolute atomic E-state index is 12.4. The van der Waals surface area contributed by atoms with E-state index < -0.39 is 45.2 Å². The molecule has 0 aliphatic carbocycles. The Kier molecular flexibility index (Phi) is 6.58. The Morgan fingerprint density at radius 1 is 1.56 bits per heavy atom. The van der Waals surface area contributed by atoms with Crippen molar-refractivity contribution < 1.29 is 32.2 Å². The van der Waals surface area contributed by atoms with Crippen LogP contribution in [0, 0.1) is 0 Å². The summed E-state index contributed by atoms with van der Waals surface area (Å²) in [6.07, 6.45) is 0. The van der Waals surface area contributed by atoms with Gasteiger partial charge < -0.3 is 21.2 Å². The lowest BCUT2D eigenvalue weighted by Gasteiger charge is -2.36. The van der Waals surface area contributed by atoms with Crippen molar-refractivity contribution in [3.05, 3.63) is 11.1 Å². The number of nitrogens with two attached hydrogens (primary N) is 1. The molecule has 1 aliphatic heterocycles. The van der Waals surface area contributed by atoms with E-state index >= 15 is 0 Å². The highest BCUT2D eigenvalue weighted by Gasteiger charge is 2.42. The number of carbonyl (C=O) groups is 3. The molecule has 16 heteroatoms. The molecule has 148 valence electrons. The molecule has 27 heavy (non-hydrogen) atoms. The Labute approximate surface area is 161 Å². The molecule has 6 N–H and O–H groups in total. The molecule has 0 bridgehead atoms. The summed E-state index contributed by atoms with van der Waals surface area (Å²) in [4.78, 5) is 44.0. The summed E-state index contributed by atoms with van der Waals surface area (Å²) >= 11 is 1.94. The van der Waals surface area contributed by atoms with Crippen LogP contribution >= 0.6 is 23.1 Å². The lowest BCUT2D eigenvalue weighted by molar-refractivity contribution is -0.132. The van der Waals surface area contributed by atoms with Crippen LogP contribution in [0.25, 0.3) is 0 Å². The predicted molar refractivity (Wildman–Crippen MR) is 96.1 cm³/mol. The van der Waals surface area contributed by atoms with Gasteiger partial charge in [-0.25, -0.2) is 9.71 Å². The van der Waals surface area contributed by atoms with Crippen LogP contribution in [0.2, 0.25) is 0 Å². The summed E-state index contributed by atoms with van der Waals surface area (Å²) in [5.74, 6) is -2.65. The quantitative estimate of drug-likeness (QED) is 0.127. The third-order valence-corrected chi connectivity index (χ3v) is 5.29. The average Bonchev–Trinajstić information content (AvgIpc) is 2.98. The van der Waals surface area contributed by atoms with Gasteiger partial charge in [-0.1, -0.05) is 5.16 Å². The van der Waals surface area contributed by atoms with E-state index in [9.17, 15) is 22.8 Å². The highest BCUT2D eigenvalue weighted by Crippen LogP contribution is 2.20. The Morgan fingerprint density at radius 3 is 2.78 bits per heavy atom. The molecule has 13 nitrogen and oxygen atoms in total. The zero-order chi connectivity index (χ0) is 20.2. The summed E-state index contributed by atoms with van der Waals surface area (Å²) in [7, 11) is -3.44. The number of anilines is 1. The molecule has 0 radical (unpaired) electrons. The van der Waals surface area contributed by atoms with Gasteiger partial charge in [-0.3, -0.25) is 18.9 Å². The highest BCUT2D eigenvalue weighted by molar-refractivity contribution is 8.00. The number of oxime groups is 1. The summed E-state index contributed by atoms with van der Waals surface area (Å²) in [6.45, 7) is 0. The van der Waals surface area contributed by atoms with Gasteiger partial charge in [0.25, 0.3) is 5.91 Å². The van der Waals surface area contributed by atoms with Crippen LogP contribution in [0.15, 0.2) is 10.5 Å². The highest BCUT2D eigenvalue weighted by atomic mass is 32.2. The zero-order valence-corrected chi connectivity index (χ0v) is 16.0. The number of hydrogen-bond acceptors (Lipinski definition) is 11. The van der Waals surface area contributed by atoms with Gasteiger partial charge in [-0.15, -0.1) is 23.1 Å². The van der Waals surface area contributed by atoms with E-state index in [0.29, 0.717) is 0 Å². The molecule has 1 saturated heterocycles. The number of nitrogen functional groups attached to an aromatic ring is 1. The Bertz CT molecular complexity index is 883. The molecule has 1 aliphatic rings. The van der Waals surface area contributed by atoms with Crippen molar-refractivity contribution in [1.82, 2.24) is 20.3 Å². The van der Waals surface area contributed by atoms with Crippen molar-refractivity contribution in [2.75, 3.05) is 18.6 Å². The fourth-order valence-electron chi connectivity index (χ4n) is 1.87. The first kappa shape index (κ1) is 20.9. The monoisotopic (exact) mass is 438 g/mol. The first-order valence-corrected chi connectivity index (χ1v) is 10.3. The van der Waals surface area contributed by atoms with Crippen molar-refractivity contribution in [2.45, 2.75) is 11.4 Å². The zero-order valence-electron chi connectivity index (χ0n) is 13.5. The molecule has 1 aromatic heterocycles. The van der Waals surface area contributed by atoms with Gasteiger partial charge in [-0.05, 0) is 0 Å². The number of thioether (sulfide) groups is 1. The molecule has 0 saturated carbocycles. The smallest absolute Gasteiger partial charge is 0.359 e. The van der Waals surface area contributed by atoms with Gasteiger partial charge in [0.05, 0.1) is 5.75 Å². The van der Waals surface area contributed by atoms with Crippen LogP contribution in [0.5, 0.6) is 0 Å². The number of hydrogen-bond donors (Lipinski definition) is 5. The first-order chi connectivity index (χ1) is 12.6. The molecular weight excluding hydrogens is 424 g/mol. The lowest BCUT2D eigenvalue weighted by Crippen LogP contribution is -2.68. The fourth-order valence-corrected chi connectivity index (χ4v) is 3.86. The minimum atomic E-state index is -4.67. The molecule has 1 aromatic rings. The number of nitrogens with zero attached hydrogens (tertiary/aromatic N) is 2. The second-order valence-electron chi connectivity index (χ2n) is 4.89. The van der Waals surface area contributed by atoms with Crippen LogP contribution < -0.4 is 21.1 Å². The minimum absolute atomic E-state index is 0.160. The maximum atomic E-state index is 12.4. The SMILES string of the molecule is CON=C(C(=O)N[C@@H]1C(=O)N[C@H]1SCC(=O)NS(=O)(=O)O)c1csc(N)n1. The van der Waals surface area contributed by atoms with Crippen LogP contribution in [-0.4, -0.2) is 65.7 Å². The van der Waals surface area contributed by atoms with Crippen LogP contribution in [0.4, 0.5) is 5.13 Å². The Hall–Kier alpha value is -2.43. The third kappa shape index (κ3) is 5.78. The number of thiazole rings is 1. The van der Waals surface area contributed by atoms with Crippen molar-refractivity contribution in [3.8, 4) is 0 Å². The summed E-state index contributed by atoms with van der Waals surface area (Å²) in [5.41, 5.74) is 5.49. The van der Waals surface area contributed by atoms with Crippen molar-refractivity contribution in [2.24, 2.45) is 5.16 Å². The lowest BCUT2D eigenvalue weighted by atomic mass is 10.1. The van der Waals surface area contributed by atoms with E-state index in [1.165, 1.54) is 17.2 Å². The van der Waals surface area contributed by atoms with E-state index in [1.807, 2.05) is 0 Å². The van der Waals surface area contributed by atoms with E-state index in [-0.39, 0.29) is 16.5 Å². The number of rotatable bonds is 8. The Balaban J connectivity index is 1.97. The summed E-state index contributed by atoms with van der Waals surface area (Å²) in [5, 5.41) is 9.45. The van der Waals surface area contributed by atoms with Gasteiger partial charge in [-0.2, -0.15) is 8.42 Å². The topological polar surface area (TPSA) is 202 Å². The molecule has 2 atom stereocenters. The average molecular weight is 438 g/mol. The van der Waals surface area contributed by atoms with E-state index in [0.717, 1.165) is 23.1 Å². The molecule has 2 heterocycles. The predicted octanol–water partition coefficient (Wildman–Crippen LogP) is -2.33. The third-order valence-electron chi connectivity index (χ3n) is 2.96. The Morgan fingerprint density at radius 2 is 2.26 bits per heavy atom. The molecule has 0 aromatic carbocycles. The maximum Gasteiger partial charge on any atom is 0.359 e. The van der Waals surface area contributed by atoms with Gasteiger partial charge in [0.15, 0.2) is 10.8 Å². The number of aromatic nitrogens is 1. The second-order valence-corrected chi connectivity index (χ2v) is 8.06. The normalized spacial score (nSPS) is 19.6. The van der Waals surface area contributed by atoms with Gasteiger partial charge in [0.1, 0.15) is 24.2 Å². The van der Waals surface area contributed by atoms with E-state index in [4.69, 9.17) is 10.3 Å². The van der Waals surface area contributed by atoms with E-state index in [1.54, 1.807) is 0 Å². The minimum Gasteiger partial charge on any atom is -0.398 e. The first-order valence-electron chi connectivity index (χ1n) is 6.94. The number of nitrogens with one attached hydrogen (secondary N) is 3. The number of amides is 3. The summed E-state index contributed by atoms with van der Waals surface area (Å²) < 4.78 is 31.0. The van der Waals surface area contributed by atoms with Crippen LogP contribution in [-0.2, 0) is 29.5 Å². The van der Waals surface area contributed by atoms with Crippen molar-refractivity contribution >= 4 is 62.0 Å². The van der Waals surface area contributed by atoms with Crippen LogP contribution in [0.1, 0.15) is 5.69 Å². The number of carbonyl (C=O) groups excluding carboxylic acids is 3. The number of β-lactam (4-membered cyclic amide) rings is 1.